The van der Waals surface area contributed by atoms with Gasteiger partial charge in [0.1, 0.15) is 5.75 Å². The Bertz CT molecular complexity index is 638. The molecule has 110 valence electrons. The highest BCUT2D eigenvalue weighted by Crippen LogP contribution is 2.24. The summed E-state index contributed by atoms with van der Waals surface area (Å²) < 4.78 is 24.1. The van der Waals surface area contributed by atoms with Gasteiger partial charge in [-0.05, 0) is 36.8 Å². The van der Waals surface area contributed by atoms with E-state index in [4.69, 9.17) is 9.47 Å². The van der Waals surface area contributed by atoms with E-state index in [1.54, 1.807) is 30.3 Å². The van der Waals surface area contributed by atoms with Gasteiger partial charge in [-0.25, -0.2) is 4.39 Å². The van der Waals surface area contributed by atoms with Gasteiger partial charge in [-0.2, -0.15) is 0 Å². The molecule has 0 aliphatic rings. The Labute approximate surface area is 123 Å². The maximum Gasteiger partial charge on any atom is 0.196 e. The van der Waals surface area contributed by atoms with Gasteiger partial charge in [0, 0.05) is 5.56 Å². The van der Waals surface area contributed by atoms with E-state index in [0.29, 0.717) is 17.9 Å². The number of carbonyl (C=O) groups excluding carboxylic acids is 1. The van der Waals surface area contributed by atoms with Crippen LogP contribution in [0.15, 0.2) is 42.5 Å². The first-order valence-electron chi connectivity index (χ1n) is 6.77. The maximum absolute atomic E-state index is 13.7. The van der Waals surface area contributed by atoms with Gasteiger partial charge in [0.15, 0.2) is 17.3 Å². The van der Waals surface area contributed by atoms with Crippen LogP contribution >= 0.6 is 0 Å². The number of methoxy groups -OCH3 is 1. The summed E-state index contributed by atoms with van der Waals surface area (Å²) in [6.45, 7) is 2.52. The van der Waals surface area contributed by atoms with Crippen LogP contribution in [0, 0.1) is 5.82 Å². The Balaban J connectivity index is 2.33. The SMILES string of the molecule is CCCOc1ccccc1C(=O)c1ccc(OC)c(F)c1. The summed E-state index contributed by atoms with van der Waals surface area (Å²) in [5.41, 5.74) is 0.691. The van der Waals surface area contributed by atoms with E-state index in [9.17, 15) is 9.18 Å². The second kappa shape index (κ2) is 6.88. The predicted octanol–water partition coefficient (Wildman–Crippen LogP) is 3.85. The fraction of sp³-hybridized carbons (Fsp3) is 0.235. The number of ether oxygens (including phenoxy) is 2. The van der Waals surface area contributed by atoms with Crippen LogP contribution in [0.25, 0.3) is 0 Å². The fourth-order valence-corrected chi connectivity index (χ4v) is 1.96. The lowest BCUT2D eigenvalue weighted by molar-refractivity contribution is 0.103. The Morgan fingerprint density at radius 1 is 1.14 bits per heavy atom. The lowest BCUT2D eigenvalue weighted by atomic mass is 10.0. The van der Waals surface area contributed by atoms with Crippen LogP contribution in [0.4, 0.5) is 4.39 Å². The van der Waals surface area contributed by atoms with Crippen molar-refractivity contribution < 1.29 is 18.7 Å². The molecule has 0 unspecified atom stereocenters. The first kappa shape index (κ1) is 15.0. The zero-order valence-corrected chi connectivity index (χ0v) is 12.1. The molecule has 0 atom stereocenters. The molecule has 0 N–H and O–H groups in total. The number of carbonyl (C=O) groups is 1. The molecular formula is C17H17FO3. The molecule has 0 aromatic heterocycles. The number of benzene rings is 2. The molecule has 0 aliphatic carbocycles. The van der Waals surface area contributed by atoms with Crippen molar-refractivity contribution in [1.82, 2.24) is 0 Å². The summed E-state index contributed by atoms with van der Waals surface area (Å²) in [4.78, 5) is 12.5. The van der Waals surface area contributed by atoms with Crippen LogP contribution in [-0.4, -0.2) is 19.5 Å². The number of rotatable bonds is 6. The number of hydrogen-bond donors (Lipinski definition) is 0. The van der Waals surface area contributed by atoms with Gasteiger partial charge in [0.2, 0.25) is 0 Å². The maximum atomic E-state index is 13.7. The molecule has 0 saturated heterocycles. The molecule has 0 aliphatic heterocycles. The van der Waals surface area contributed by atoms with Gasteiger partial charge in [-0.1, -0.05) is 19.1 Å². The molecule has 0 amide bonds. The Morgan fingerprint density at radius 2 is 1.90 bits per heavy atom. The van der Waals surface area contributed by atoms with E-state index in [0.717, 1.165) is 6.42 Å². The molecular weight excluding hydrogens is 271 g/mol. The molecule has 0 radical (unpaired) electrons. The van der Waals surface area contributed by atoms with Crippen molar-refractivity contribution in [3.05, 3.63) is 59.4 Å². The van der Waals surface area contributed by atoms with E-state index < -0.39 is 5.82 Å². The van der Waals surface area contributed by atoms with Crippen molar-refractivity contribution >= 4 is 5.78 Å². The molecule has 0 heterocycles. The van der Waals surface area contributed by atoms with Gasteiger partial charge >= 0.3 is 0 Å². The summed E-state index contributed by atoms with van der Waals surface area (Å²) in [6, 6.07) is 11.1. The molecule has 21 heavy (non-hydrogen) atoms. The van der Waals surface area contributed by atoms with Crippen LogP contribution in [0.2, 0.25) is 0 Å². The summed E-state index contributed by atoms with van der Waals surface area (Å²) in [7, 11) is 1.38. The molecule has 2 rings (SSSR count). The standard InChI is InChI=1S/C17H17FO3/c1-3-10-21-15-7-5-4-6-13(15)17(19)12-8-9-16(20-2)14(18)11-12/h4-9,11H,3,10H2,1-2H3. The third-order valence-electron chi connectivity index (χ3n) is 3.01. The topological polar surface area (TPSA) is 35.5 Å². The highest BCUT2D eigenvalue weighted by molar-refractivity contribution is 6.10. The van der Waals surface area contributed by atoms with Gasteiger partial charge in [-0.3, -0.25) is 4.79 Å². The molecule has 0 fully saturated rings. The minimum absolute atomic E-state index is 0.113. The number of ketones is 1. The van der Waals surface area contributed by atoms with Crippen molar-refractivity contribution in [3.63, 3.8) is 0 Å². The number of halogens is 1. The van der Waals surface area contributed by atoms with Crippen LogP contribution in [-0.2, 0) is 0 Å². The smallest absolute Gasteiger partial charge is 0.196 e. The first-order valence-corrected chi connectivity index (χ1v) is 6.77. The largest absolute Gasteiger partial charge is 0.494 e. The summed E-state index contributed by atoms with van der Waals surface area (Å²) >= 11 is 0. The summed E-state index contributed by atoms with van der Waals surface area (Å²) in [5, 5.41) is 0. The quantitative estimate of drug-likeness (QED) is 0.757. The molecule has 4 heteroatoms. The van der Waals surface area contributed by atoms with Crippen molar-refractivity contribution in [2.75, 3.05) is 13.7 Å². The molecule has 0 bridgehead atoms. The van der Waals surface area contributed by atoms with E-state index in [1.165, 1.54) is 19.2 Å². The van der Waals surface area contributed by atoms with Gasteiger partial charge in [0.25, 0.3) is 0 Å². The molecule has 3 nitrogen and oxygen atoms in total. The Hall–Kier alpha value is -2.36. The number of hydrogen-bond acceptors (Lipinski definition) is 3. The van der Waals surface area contributed by atoms with Crippen LogP contribution in [0.3, 0.4) is 0 Å². The third kappa shape index (κ3) is 3.40. The van der Waals surface area contributed by atoms with E-state index in [2.05, 4.69) is 0 Å². The summed E-state index contributed by atoms with van der Waals surface area (Å²) in [6.07, 6.45) is 0.847. The monoisotopic (exact) mass is 288 g/mol. The Morgan fingerprint density at radius 3 is 2.57 bits per heavy atom. The van der Waals surface area contributed by atoms with Gasteiger partial charge in [-0.15, -0.1) is 0 Å². The molecule has 0 saturated carbocycles. The average Bonchev–Trinajstić information content (AvgIpc) is 2.52. The minimum atomic E-state index is -0.560. The first-order chi connectivity index (χ1) is 10.2. The average molecular weight is 288 g/mol. The van der Waals surface area contributed by atoms with E-state index >= 15 is 0 Å². The lowest BCUT2D eigenvalue weighted by Crippen LogP contribution is -2.06. The van der Waals surface area contributed by atoms with Crippen molar-refractivity contribution in [2.24, 2.45) is 0 Å². The normalized spacial score (nSPS) is 10.2. The fourth-order valence-electron chi connectivity index (χ4n) is 1.96. The molecule has 2 aromatic carbocycles. The van der Waals surface area contributed by atoms with Crippen molar-refractivity contribution in [1.29, 1.82) is 0 Å². The highest BCUT2D eigenvalue weighted by atomic mass is 19.1. The van der Waals surface area contributed by atoms with Crippen LogP contribution in [0.1, 0.15) is 29.3 Å². The van der Waals surface area contributed by atoms with Crippen LogP contribution in [0.5, 0.6) is 11.5 Å². The second-order valence-electron chi connectivity index (χ2n) is 4.52. The molecule has 0 spiro atoms. The lowest BCUT2D eigenvalue weighted by Gasteiger charge is -2.10. The van der Waals surface area contributed by atoms with Crippen molar-refractivity contribution in [3.8, 4) is 11.5 Å². The third-order valence-corrected chi connectivity index (χ3v) is 3.01. The highest BCUT2D eigenvalue weighted by Gasteiger charge is 2.16. The predicted molar refractivity (Wildman–Crippen MR) is 78.6 cm³/mol. The zero-order chi connectivity index (χ0) is 15.2. The van der Waals surface area contributed by atoms with E-state index in [1.807, 2.05) is 6.92 Å². The number of para-hydroxylation sites is 1. The Kier molecular flexibility index (Phi) is 4.93. The minimum Gasteiger partial charge on any atom is -0.494 e. The van der Waals surface area contributed by atoms with E-state index in [-0.39, 0.29) is 17.1 Å². The second-order valence-corrected chi connectivity index (χ2v) is 4.52. The molecule has 2 aromatic rings. The zero-order valence-electron chi connectivity index (χ0n) is 12.1. The van der Waals surface area contributed by atoms with Crippen LogP contribution < -0.4 is 9.47 Å². The van der Waals surface area contributed by atoms with Gasteiger partial charge < -0.3 is 9.47 Å². The summed E-state index contributed by atoms with van der Waals surface area (Å²) in [5.74, 6) is -0.207. The van der Waals surface area contributed by atoms with Crippen molar-refractivity contribution in [2.45, 2.75) is 13.3 Å². The van der Waals surface area contributed by atoms with Gasteiger partial charge in [0.05, 0.1) is 19.3 Å².